The Bertz CT molecular complexity index is 1070. The van der Waals surface area contributed by atoms with E-state index in [0.717, 1.165) is 11.6 Å². The van der Waals surface area contributed by atoms with Gasteiger partial charge in [0.05, 0.1) is 0 Å². The number of nitrogens with one attached hydrogen (secondary N) is 1. The SMILES string of the molecule is O=C(COC(=O)C=Cc1ccc(OC(F)F)cc1)Nc1ccc(OCc2ccccc2)cc1. The number of ether oxygens (including phenoxy) is 3. The van der Waals surface area contributed by atoms with Crippen LogP contribution < -0.4 is 14.8 Å². The second-order valence-corrected chi connectivity index (χ2v) is 6.74. The van der Waals surface area contributed by atoms with Crippen LogP contribution in [0.4, 0.5) is 14.5 Å². The molecule has 0 aromatic heterocycles. The van der Waals surface area contributed by atoms with Crippen molar-refractivity contribution in [1.82, 2.24) is 0 Å². The lowest BCUT2D eigenvalue weighted by molar-refractivity contribution is -0.142. The van der Waals surface area contributed by atoms with Crippen molar-refractivity contribution in [3.05, 3.63) is 96.1 Å². The van der Waals surface area contributed by atoms with Crippen LogP contribution in [-0.2, 0) is 20.9 Å². The molecular formula is C25H21F2NO5. The molecule has 3 aromatic rings. The van der Waals surface area contributed by atoms with Crippen LogP contribution in [0, 0.1) is 0 Å². The third-order valence-electron chi connectivity index (χ3n) is 4.25. The molecule has 6 nitrogen and oxygen atoms in total. The monoisotopic (exact) mass is 453 g/mol. The van der Waals surface area contributed by atoms with E-state index in [1.165, 1.54) is 30.3 Å². The Hall–Kier alpha value is -4.20. The summed E-state index contributed by atoms with van der Waals surface area (Å²) in [6.45, 7) is -2.93. The molecule has 0 aliphatic rings. The summed E-state index contributed by atoms with van der Waals surface area (Å²) in [6, 6.07) is 22.3. The molecule has 1 N–H and O–H groups in total. The molecule has 0 spiro atoms. The van der Waals surface area contributed by atoms with Gasteiger partial charge in [0.15, 0.2) is 6.61 Å². The van der Waals surface area contributed by atoms with Crippen LogP contribution in [0.1, 0.15) is 11.1 Å². The van der Waals surface area contributed by atoms with Gasteiger partial charge in [-0.05, 0) is 53.6 Å². The highest BCUT2D eigenvalue weighted by atomic mass is 19.3. The minimum Gasteiger partial charge on any atom is -0.489 e. The summed E-state index contributed by atoms with van der Waals surface area (Å²) in [5.74, 6) is -0.551. The molecule has 0 atom stereocenters. The summed E-state index contributed by atoms with van der Waals surface area (Å²) >= 11 is 0. The number of amides is 1. The fourth-order valence-electron chi connectivity index (χ4n) is 2.68. The molecule has 0 unspecified atom stereocenters. The fourth-order valence-corrected chi connectivity index (χ4v) is 2.68. The van der Waals surface area contributed by atoms with E-state index in [1.807, 2.05) is 30.3 Å². The van der Waals surface area contributed by atoms with Gasteiger partial charge in [0.25, 0.3) is 5.91 Å². The first-order valence-electron chi connectivity index (χ1n) is 9.94. The first-order valence-corrected chi connectivity index (χ1v) is 9.94. The maximum atomic E-state index is 12.1. The third-order valence-corrected chi connectivity index (χ3v) is 4.25. The first-order chi connectivity index (χ1) is 16.0. The largest absolute Gasteiger partial charge is 0.489 e. The molecule has 0 saturated carbocycles. The summed E-state index contributed by atoms with van der Waals surface area (Å²) < 4.78 is 39.1. The molecule has 33 heavy (non-hydrogen) atoms. The van der Waals surface area contributed by atoms with Crippen molar-refractivity contribution in [2.24, 2.45) is 0 Å². The number of alkyl halides is 2. The van der Waals surface area contributed by atoms with Gasteiger partial charge in [-0.1, -0.05) is 42.5 Å². The minimum absolute atomic E-state index is 0.0113. The van der Waals surface area contributed by atoms with Gasteiger partial charge in [-0.2, -0.15) is 8.78 Å². The van der Waals surface area contributed by atoms with Crippen LogP contribution in [-0.4, -0.2) is 25.1 Å². The molecule has 0 aliphatic carbocycles. The molecule has 170 valence electrons. The second kappa shape index (κ2) is 12.0. The van der Waals surface area contributed by atoms with Crippen molar-refractivity contribution in [2.45, 2.75) is 13.2 Å². The van der Waals surface area contributed by atoms with Gasteiger partial charge in [0.2, 0.25) is 0 Å². The van der Waals surface area contributed by atoms with E-state index in [2.05, 4.69) is 10.1 Å². The second-order valence-electron chi connectivity index (χ2n) is 6.74. The molecule has 8 heteroatoms. The molecule has 0 radical (unpaired) electrons. The maximum absolute atomic E-state index is 12.1. The van der Waals surface area contributed by atoms with E-state index in [9.17, 15) is 18.4 Å². The predicted molar refractivity (Wildman–Crippen MR) is 119 cm³/mol. The van der Waals surface area contributed by atoms with Crippen LogP contribution >= 0.6 is 0 Å². The quantitative estimate of drug-likeness (QED) is 0.343. The van der Waals surface area contributed by atoms with E-state index < -0.39 is 25.1 Å². The Labute approximate surface area is 189 Å². The summed E-state index contributed by atoms with van der Waals surface area (Å²) in [4.78, 5) is 23.8. The Morgan fingerprint density at radius 3 is 2.21 bits per heavy atom. The van der Waals surface area contributed by atoms with Gasteiger partial charge in [-0.3, -0.25) is 4.79 Å². The zero-order chi connectivity index (χ0) is 23.5. The molecule has 0 fully saturated rings. The highest BCUT2D eigenvalue weighted by Gasteiger charge is 2.07. The van der Waals surface area contributed by atoms with Gasteiger partial charge >= 0.3 is 12.6 Å². The van der Waals surface area contributed by atoms with Crippen LogP contribution in [0.5, 0.6) is 11.5 Å². The average Bonchev–Trinajstić information content (AvgIpc) is 2.82. The average molecular weight is 453 g/mol. The summed E-state index contributed by atoms with van der Waals surface area (Å²) in [7, 11) is 0. The van der Waals surface area contributed by atoms with Crippen LogP contribution in [0.2, 0.25) is 0 Å². The molecule has 1 amide bonds. The number of anilines is 1. The Morgan fingerprint density at radius 1 is 0.879 bits per heavy atom. The lowest BCUT2D eigenvalue weighted by atomic mass is 10.2. The lowest BCUT2D eigenvalue weighted by Gasteiger charge is -2.08. The number of halogens is 2. The standard InChI is InChI=1S/C25H21F2NO5/c26-25(27)33-22-11-6-18(7-12-22)8-15-24(30)32-17-23(29)28-20-9-13-21(14-10-20)31-16-19-4-2-1-3-5-19/h1-15,25H,16-17H2,(H,28,29). The number of carbonyl (C=O) groups excluding carboxylic acids is 2. The van der Waals surface area contributed by atoms with E-state index in [4.69, 9.17) is 9.47 Å². The molecular weight excluding hydrogens is 432 g/mol. The maximum Gasteiger partial charge on any atom is 0.387 e. The Kier molecular flexibility index (Phi) is 8.53. The normalized spacial score (nSPS) is 10.8. The number of benzene rings is 3. The summed E-state index contributed by atoms with van der Waals surface area (Å²) in [6.07, 6.45) is 2.57. The zero-order valence-electron chi connectivity index (χ0n) is 17.4. The molecule has 0 bridgehead atoms. The van der Waals surface area contributed by atoms with Crippen LogP contribution in [0.3, 0.4) is 0 Å². The predicted octanol–water partition coefficient (Wildman–Crippen LogP) is 5.06. The number of esters is 1. The first kappa shape index (κ1) is 23.5. The number of carbonyl (C=O) groups is 2. The van der Waals surface area contributed by atoms with Crippen molar-refractivity contribution < 1.29 is 32.6 Å². The van der Waals surface area contributed by atoms with Crippen molar-refractivity contribution >= 4 is 23.6 Å². The van der Waals surface area contributed by atoms with Crippen molar-refractivity contribution in [2.75, 3.05) is 11.9 Å². The van der Waals surface area contributed by atoms with Gasteiger partial charge in [0.1, 0.15) is 18.1 Å². The number of hydrogen-bond donors (Lipinski definition) is 1. The van der Waals surface area contributed by atoms with E-state index in [1.54, 1.807) is 24.3 Å². The van der Waals surface area contributed by atoms with Gasteiger partial charge in [-0.15, -0.1) is 0 Å². The molecule has 0 saturated heterocycles. The van der Waals surface area contributed by atoms with E-state index in [0.29, 0.717) is 23.6 Å². The third kappa shape index (κ3) is 8.45. The summed E-state index contributed by atoms with van der Waals surface area (Å²) in [5.41, 5.74) is 2.15. The van der Waals surface area contributed by atoms with E-state index in [-0.39, 0.29) is 5.75 Å². The zero-order valence-corrected chi connectivity index (χ0v) is 17.4. The van der Waals surface area contributed by atoms with Gasteiger partial charge < -0.3 is 19.5 Å². The van der Waals surface area contributed by atoms with Gasteiger partial charge in [0, 0.05) is 11.8 Å². The summed E-state index contributed by atoms with van der Waals surface area (Å²) in [5, 5.41) is 2.62. The van der Waals surface area contributed by atoms with Crippen molar-refractivity contribution in [3.8, 4) is 11.5 Å². The van der Waals surface area contributed by atoms with Crippen LogP contribution in [0.25, 0.3) is 6.08 Å². The van der Waals surface area contributed by atoms with Crippen molar-refractivity contribution in [3.63, 3.8) is 0 Å². The molecule has 0 heterocycles. The Morgan fingerprint density at radius 2 is 1.55 bits per heavy atom. The fraction of sp³-hybridized carbons (Fsp3) is 0.120. The smallest absolute Gasteiger partial charge is 0.387 e. The van der Waals surface area contributed by atoms with Crippen LogP contribution in [0.15, 0.2) is 84.9 Å². The highest BCUT2D eigenvalue weighted by molar-refractivity contribution is 5.94. The molecule has 0 aliphatic heterocycles. The lowest BCUT2D eigenvalue weighted by Crippen LogP contribution is -2.20. The van der Waals surface area contributed by atoms with Crippen molar-refractivity contribution in [1.29, 1.82) is 0 Å². The molecule has 3 rings (SSSR count). The highest BCUT2D eigenvalue weighted by Crippen LogP contribution is 2.17. The van der Waals surface area contributed by atoms with Gasteiger partial charge in [-0.25, -0.2) is 4.79 Å². The number of hydrogen-bond acceptors (Lipinski definition) is 5. The van der Waals surface area contributed by atoms with E-state index >= 15 is 0 Å². The minimum atomic E-state index is -2.90. The topological polar surface area (TPSA) is 73.9 Å². The molecule has 3 aromatic carbocycles. The number of rotatable bonds is 10. The Balaban J connectivity index is 1.39.